The number of Topliss-reactive ketones (excluding diaryl/α,β-unsaturated/α-hetero) is 1. The number of benzene rings is 3. The largest absolute Gasteiger partial charge is 0.497 e. The summed E-state index contributed by atoms with van der Waals surface area (Å²) in [5.74, 6) is 0.792. The van der Waals surface area contributed by atoms with Gasteiger partial charge in [-0.1, -0.05) is 18.2 Å². The Morgan fingerprint density at radius 2 is 1.77 bits per heavy atom. The van der Waals surface area contributed by atoms with Crippen molar-refractivity contribution in [3.8, 4) is 17.2 Å². The first-order valence-electron chi connectivity index (χ1n) is 9.63. The second-order valence-electron chi connectivity index (χ2n) is 7.01. The fourth-order valence-electron chi connectivity index (χ4n) is 3.48. The minimum Gasteiger partial charge on any atom is -0.497 e. The minimum atomic E-state index is -0.513. The number of esters is 1. The normalized spacial score (nSPS) is 13.8. The summed E-state index contributed by atoms with van der Waals surface area (Å²) in [5.41, 5.74) is 2.65. The van der Waals surface area contributed by atoms with Crippen molar-refractivity contribution in [3.63, 3.8) is 0 Å². The van der Waals surface area contributed by atoms with E-state index in [9.17, 15) is 9.59 Å². The summed E-state index contributed by atoms with van der Waals surface area (Å²) >= 11 is 0. The van der Waals surface area contributed by atoms with Crippen LogP contribution < -0.4 is 14.2 Å². The number of hydrogen-bond acceptors (Lipinski definition) is 5. The number of allylic oxidation sites excluding steroid dienone is 1. The topological polar surface area (TPSA) is 77.6 Å². The zero-order chi connectivity index (χ0) is 21.4. The third kappa shape index (κ3) is 3.44. The third-order valence-corrected chi connectivity index (χ3v) is 5.09. The molecule has 0 amide bonds. The first-order valence-corrected chi connectivity index (χ1v) is 9.63. The van der Waals surface area contributed by atoms with E-state index >= 15 is 0 Å². The van der Waals surface area contributed by atoms with Gasteiger partial charge in [-0.3, -0.25) is 4.79 Å². The van der Waals surface area contributed by atoms with Crippen molar-refractivity contribution in [1.29, 1.82) is 0 Å². The minimum absolute atomic E-state index is 0.215. The molecule has 6 nitrogen and oxygen atoms in total. The molecule has 0 bridgehead atoms. The SMILES string of the molecule is COc1ccc(C(=O)Oc2ccc3c(c2)OC(=Cc2c[nH]c4ccccc24)C3=O)cc1. The number of carbonyl (C=O) groups is 2. The van der Waals surface area contributed by atoms with Crippen molar-refractivity contribution in [1.82, 2.24) is 4.98 Å². The lowest BCUT2D eigenvalue weighted by atomic mass is 10.1. The Labute approximate surface area is 177 Å². The summed E-state index contributed by atoms with van der Waals surface area (Å²) in [4.78, 5) is 28.3. The van der Waals surface area contributed by atoms with E-state index in [1.807, 2.05) is 30.5 Å². The second-order valence-corrected chi connectivity index (χ2v) is 7.01. The average molecular weight is 411 g/mol. The monoisotopic (exact) mass is 411 g/mol. The zero-order valence-electron chi connectivity index (χ0n) is 16.5. The highest BCUT2D eigenvalue weighted by Crippen LogP contribution is 2.35. The smallest absolute Gasteiger partial charge is 0.343 e. The predicted octanol–water partition coefficient (Wildman–Crippen LogP) is 5.01. The predicted molar refractivity (Wildman–Crippen MR) is 116 cm³/mol. The van der Waals surface area contributed by atoms with E-state index in [-0.39, 0.29) is 11.5 Å². The van der Waals surface area contributed by atoms with Gasteiger partial charge in [-0.25, -0.2) is 4.79 Å². The summed E-state index contributed by atoms with van der Waals surface area (Å²) in [6.07, 6.45) is 3.55. The van der Waals surface area contributed by atoms with Crippen LogP contribution in [0.5, 0.6) is 17.2 Å². The summed E-state index contributed by atoms with van der Waals surface area (Å²) in [6.45, 7) is 0. The molecule has 3 aromatic carbocycles. The van der Waals surface area contributed by atoms with Gasteiger partial charge in [0, 0.05) is 28.7 Å². The maximum atomic E-state index is 12.8. The van der Waals surface area contributed by atoms with Crippen molar-refractivity contribution in [2.24, 2.45) is 0 Å². The summed E-state index contributed by atoms with van der Waals surface area (Å²) in [5, 5.41) is 0.997. The number of ether oxygens (including phenoxy) is 3. The van der Waals surface area contributed by atoms with E-state index in [1.54, 1.807) is 55.7 Å². The first kappa shape index (κ1) is 18.7. The van der Waals surface area contributed by atoms with Gasteiger partial charge < -0.3 is 19.2 Å². The van der Waals surface area contributed by atoms with Gasteiger partial charge in [0.15, 0.2) is 5.76 Å². The Morgan fingerprint density at radius 1 is 1.00 bits per heavy atom. The number of ketones is 1. The van der Waals surface area contributed by atoms with E-state index in [0.717, 1.165) is 16.5 Å². The lowest BCUT2D eigenvalue weighted by Crippen LogP contribution is -2.08. The Bertz CT molecular complexity index is 1350. The van der Waals surface area contributed by atoms with Crippen LogP contribution in [0, 0.1) is 0 Å². The van der Waals surface area contributed by atoms with Crippen LogP contribution >= 0.6 is 0 Å². The maximum Gasteiger partial charge on any atom is 0.343 e. The van der Waals surface area contributed by atoms with Crippen LogP contribution in [-0.2, 0) is 0 Å². The van der Waals surface area contributed by atoms with Gasteiger partial charge in [0.05, 0.1) is 18.2 Å². The number of H-pyrrole nitrogens is 1. The van der Waals surface area contributed by atoms with Crippen molar-refractivity contribution in [2.45, 2.75) is 0 Å². The van der Waals surface area contributed by atoms with Crippen molar-refractivity contribution >= 4 is 28.7 Å². The summed E-state index contributed by atoms with van der Waals surface area (Å²) < 4.78 is 16.3. The molecule has 31 heavy (non-hydrogen) atoms. The Kier molecular flexibility index (Phi) is 4.52. The fourth-order valence-corrected chi connectivity index (χ4v) is 3.48. The third-order valence-electron chi connectivity index (χ3n) is 5.09. The van der Waals surface area contributed by atoms with E-state index in [2.05, 4.69) is 4.98 Å². The quantitative estimate of drug-likeness (QED) is 0.290. The molecule has 5 rings (SSSR count). The van der Waals surface area contributed by atoms with E-state index in [0.29, 0.717) is 28.4 Å². The van der Waals surface area contributed by atoms with Gasteiger partial charge in [-0.15, -0.1) is 0 Å². The first-order chi connectivity index (χ1) is 15.1. The van der Waals surface area contributed by atoms with Crippen LogP contribution in [0.1, 0.15) is 26.3 Å². The van der Waals surface area contributed by atoms with Crippen LogP contribution in [-0.4, -0.2) is 23.8 Å². The molecule has 6 heteroatoms. The molecule has 1 aliphatic heterocycles. The van der Waals surface area contributed by atoms with Crippen LogP contribution in [0.15, 0.2) is 78.7 Å². The van der Waals surface area contributed by atoms with Crippen LogP contribution in [0.25, 0.3) is 17.0 Å². The molecule has 0 spiro atoms. The molecule has 0 saturated heterocycles. The van der Waals surface area contributed by atoms with E-state index < -0.39 is 5.97 Å². The average Bonchev–Trinajstić information content (AvgIpc) is 3.35. The maximum absolute atomic E-state index is 12.8. The van der Waals surface area contributed by atoms with Crippen molar-refractivity contribution in [3.05, 3.63) is 95.4 Å². The standard InChI is InChI=1S/C25H17NO5/c1-29-17-8-6-15(7-9-17)25(28)30-18-10-11-20-22(13-18)31-23(24(20)27)12-16-14-26-21-5-3-2-4-19(16)21/h2-14,26H,1H3. The molecule has 0 radical (unpaired) electrons. The molecule has 0 fully saturated rings. The highest BCUT2D eigenvalue weighted by molar-refractivity contribution is 6.15. The lowest BCUT2D eigenvalue weighted by molar-refractivity contribution is 0.0734. The lowest BCUT2D eigenvalue weighted by Gasteiger charge is -2.06. The molecular formula is C25H17NO5. The number of methoxy groups -OCH3 is 1. The Hall–Kier alpha value is -4.32. The van der Waals surface area contributed by atoms with Crippen LogP contribution in [0.4, 0.5) is 0 Å². The number of nitrogens with one attached hydrogen (secondary N) is 1. The highest BCUT2D eigenvalue weighted by atomic mass is 16.5. The van der Waals surface area contributed by atoms with Gasteiger partial charge in [0.1, 0.15) is 17.2 Å². The molecule has 152 valence electrons. The number of rotatable bonds is 4. The molecular weight excluding hydrogens is 394 g/mol. The van der Waals surface area contributed by atoms with E-state index in [4.69, 9.17) is 14.2 Å². The Balaban J connectivity index is 1.38. The van der Waals surface area contributed by atoms with Gasteiger partial charge >= 0.3 is 5.97 Å². The van der Waals surface area contributed by atoms with Gasteiger partial charge in [0.25, 0.3) is 0 Å². The molecule has 0 aliphatic carbocycles. The molecule has 0 atom stereocenters. The number of hydrogen-bond donors (Lipinski definition) is 1. The van der Waals surface area contributed by atoms with Crippen LogP contribution in [0.2, 0.25) is 0 Å². The highest BCUT2D eigenvalue weighted by Gasteiger charge is 2.28. The molecule has 0 saturated carbocycles. The molecule has 4 aromatic rings. The molecule has 0 unspecified atom stereocenters. The molecule has 2 heterocycles. The van der Waals surface area contributed by atoms with Gasteiger partial charge in [0.2, 0.25) is 5.78 Å². The molecule has 1 N–H and O–H groups in total. The number of para-hydroxylation sites is 1. The number of fused-ring (bicyclic) bond motifs is 2. The Morgan fingerprint density at radius 3 is 2.58 bits per heavy atom. The van der Waals surface area contributed by atoms with Crippen molar-refractivity contribution < 1.29 is 23.8 Å². The fraction of sp³-hybridized carbons (Fsp3) is 0.0400. The summed E-state index contributed by atoms with van der Waals surface area (Å²) in [6, 6.07) is 19.2. The summed E-state index contributed by atoms with van der Waals surface area (Å²) in [7, 11) is 1.56. The van der Waals surface area contributed by atoms with Gasteiger partial charge in [-0.05, 0) is 48.5 Å². The molecule has 1 aliphatic rings. The van der Waals surface area contributed by atoms with Gasteiger partial charge in [-0.2, -0.15) is 0 Å². The number of aromatic amines is 1. The second kappa shape index (κ2) is 7.50. The zero-order valence-corrected chi connectivity index (χ0v) is 16.5. The van der Waals surface area contributed by atoms with E-state index in [1.165, 1.54) is 0 Å². The number of carbonyl (C=O) groups excluding carboxylic acids is 2. The molecule has 1 aromatic heterocycles. The van der Waals surface area contributed by atoms with Crippen molar-refractivity contribution in [2.75, 3.05) is 7.11 Å². The number of aromatic nitrogens is 1. The van der Waals surface area contributed by atoms with Crippen LogP contribution in [0.3, 0.4) is 0 Å².